The monoisotopic (exact) mass is 675 g/mol. The van der Waals surface area contributed by atoms with Crippen LogP contribution in [-0.2, 0) is 23.5 Å². The Bertz CT molecular complexity index is 2280. The normalized spacial score (nSPS) is 17.9. The molecule has 254 valence electrons. The SMILES string of the molecule is C[C@H](/C=C/CCn1cc(C(CO)c2ccccc2)nn1)[C@@]1(O)C(=O)N(Cc2ccccc2)c2ccc(N3C(=O)c4cccc5cccc3c45)cc21. The van der Waals surface area contributed by atoms with Gasteiger partial charge in [-0.05, 0) is 53.3 Å². The number of rotatable bonds is 11. The Morgan fingerprint density at radius 1 is 0.863 bits per heavy atom. The molecule has 1 aromatic heterocycles. The van der Waals surface area contributed by atoms with Gasteiger partial charge in [-0.25, -0.2) is 0 Å². The molecule has 9 heteroatoms. The summed E-state index contributed by atoms with van der Waals surface area (Å²) in [5.74, 6) is -1.42. The van der Waals surface area contributed by atoms with E-state index in [2.05, 4.69) is 10.3 Å². The number of aromatic nitrogens is 3. The lowest BCUT2D eigenvalue weighted by molar-refractivity contribution is -0.139. The van der Waals surface area contributed by atoms with Gasteiger partial charge in [-0.3, -0.25) is 19.2 Å². The van der Waals surface area contributed by atoms with Gasteiger partial charge in [0.05, 0.1) is 41.7 Å². The number of allylic oxidation sites excluding steroid dienone is 1. The number of carbonyl (C=O) groups excluding carboxylic acids is 2. The van der Waals surface area contributed by atoms with Crippen LogP contribution in [0.4, 0.5) is 17.1 Å². The Morgan fingerprint density at radius 3 is 2.37 bits per heavy atom. The van der Waals surface area contributed by atoms with Gasteiger partial charge in [0.2, 0.25) is 0 Å². The summed E-state index contributed by atoms with van der Waals surface area (Å²) >= 11 is 0. The number of hydrogen-bond acceptors (Lipinski definition) is 6. The van der Waals surface area contributed by atoms with Crippen molar-refractivity contribution in [2.45, 2.75) is 38.0 Å². The van der Waals surface area contributed by atoms with Crippen LogP contribution in [0.5, 0.6) is 0 Å². The number of benzene rings is 5. The molecule has 2 aliphatic rings. The molecule has 3 atom stereocenters. The third-order valence-electron chi connectivity index (χ3n) is 10.2. The lowest BCUT2D eigenvalue weighted by Crippen LogP contribution is -2.44. The second kappa shape index (κ2) is 13.1. The van der Waals surface area contributed by atoms with Crippen LogP contribution in [0.25, 0.3) is 10.8 Å². The molecule has 1 unspecified atom stereocenters. The predicted molar refractivity (Wildman–Crippen MR) is 197 cm³/mol. The van der Waals surface area contributed by atoms with Gasteiger partial charge in [0.25, 0.3) is 11.8 Å². The number of fused-ring (bicyclic) bond motifs is 1. The number of aryl methyl sites for hydroxylation is 1. The summed E-state index contributed by atoms with van der Waals surface area (Å²) in [5, 5.41) is 33.0. The highest BCUT2D eigenvalue weighted by molar-refractivity contribution is 6.28. The number of carbonyl (C=O) groups is 2. The van der Waals surface area contributed by atoms with E-state index < -0.39 is 17.4 Å². The molecule has 51 heavy (non-hydrogen) atoms. The maximum absolute atomic E-state index is 14.3. The van der Waals surface area contributed by atoms with Crippen molar-refractivity contribution >= 4 is 39.6 Å². The van der Waals surface area contributed by atoms with Gasteiger partial charge in [-0.2, -0.15) is 0 Å². The van der Waals surface area contributed by atoms with Crippen LogP contribution in [0.3, 0.4) is 0 Å². The Labute approximate surface area is 295 Å². The molecule has 9 nitrogen and oxygen atoms in total. The molecule has 5 aromatic carbocycles. The number of anilines is 3. The fourth-order valence-corrected chi connectivity index (χ4v) is 7.45. The smallest absolute Gasteiger partial charge is 0.264 e. The second-order valence-corrected chi connectivity index (χ2v) is 13.2. The molecule has 2 aliphatic heterocycles. The Balaban J connectivity index is 1.08. The summed E-state index contributed by atoms with van der Waals surface area (Å²) in [7, 11) is 0. The zero-order chi connectivity index (χ0) is 35.1. The summed E-state index contributed by atoms with van der Waals surface area (Å²) in [6.45, 7) is 2.59. The van der Waals surface area contributed by atoms with Crippen LogP contribution >= 0.6 is 0 Å². The Morgan fingerprint density at radius 2 is 1.61 bits per heavy atom. The molecule has 6 aromatic rings. The number of aliphatic hydroxyl groups excluding tert-OH is 1. The molecule has 2 N–H and O–H groups in total. The van der Waals surface area contributed by atoms with E-state index in [4.69, 9.17) is 0 Å². The Kier molecular flexibility index (Phi) is 8.30. The molecule has 0 radical (unpaired) electrons. The van der Waals surface area contributed by atoms with Gasteiger partial charge in [0.1, 0.15) is 0 Å². The highest BCUT2D eigenvalue weighted by Crippen LogP contribution is 2.49. The average Bonchev–Trinajstić information content (AvgIpc) is 3.81. The number of nitrogens with zero attached hydrogens (tertiary/aromatic N) is 5. The summed E-state index contributed by atoms with van der Waals surface area (Å²) in [6, 6.07) is 36.5. The van der Waals surface area contributed by atoms with Crippen LogP contribution in [0.1, 0.15) is 52.0 Å². The van der Waals surface area contributed by atoms with Crippen molar-refractivity contribution in [1.82, 2.24) is 15.0 Å². The molecular weight excluding hydrogens is 638 g/mol. The highest BCUT2D eigenvalue weighted by atomic mass is 16.3. The molecule has 0 saturated heterocycles. The van der Waals surface area contributed by atoms with Crippen LogP contribution in [0.2, 0.25) is 0 Å². The van der Waals surface area contributed by atoms with E-state index in [0.717, 1.165) is 27.6 Å². The minimum atomic E-state index is -1.87. The molecule has 0 fully saturated rings. The number of hydrogen-bond donors (Lipinski definition) is 2. The average molecular weight is 676 g/mol. The van der Waals surface area contributed by atoms with Gasteiger partial charge in [-0.15, -0.1) is 5.10 Å². The first-order chi connectivity index (χ1) is 24.9. The first kappa shape index (κ1) is 32.3. The minimum Gasteiger partial charge on any atom is -0.395 e. The number of amides is 2. The van der Waals surface area contributed by atoms with Crippen LogP contribution in [0, 0.1) is 5.92 Å². The molecule has 0 bridgehead atoms. The third-order valence-corrected chi connectivity index (χ3v) is 10.2. The molecule has 3 heterocycles. The van der Waals surface area contributed by atoms with Crippen LogP contribution in [0.15, 0.2) is 134 Å². The van der Waals surface area contributed by atoms with E-state index in [1.54, 1.807) is 20.5 Å². The van der Waals surface area contributed by atoms with E-state index in [-0.39, 0.29) is 18.4 Å². The first-order valence-electron chi connectivity index (χ1n) is 17.2. The predicted octanol–water partition coefficient (Wildman–Crippen LogP) is 6.86. The zero-order valence-corrected chi connectivity index (χ0v) is 28.1. The lowest BCUT2D eigenvalue weighted by Gasteiger charge is -2.28. The summed E-state index contributed by atoms with van der Waals surface area (Å²) in [4.78, 5) is 31.5. The van der Waals surface area contributed by atoms with E-state index in [1.807, 2.05) is 134 Å². The second-order valence-electron chi connectivity index (χ2n) is 13.2. The minimum absolute atomic E-state index is 0.0776. The Hall–Kier alpha value is -5.90. The van der Waals surface area contributed by atoms with Crippen molar-refractivity contribution in [3.8, 4) is 0 Å². The van der Waals surface area contributed by atoms with E-state index in [9.17, 15) is 19.8 Å². The van der Waals surface area contributed by atoms with Crippen LogP contribution < -0.4 is 9.80 Å². The molecule has 0 aliphatic carbocycles. The third kappa shape index (κ3) is 5.51. The van der Waals surface area contributed by atoms with Gasteiger partial charge in [0.15, 0.2) is 5.60 Å². The lowest BCUT2D eigenvalue weighted by atomic mass is 9.82. The molecule has 0 spiro atoms. The maximum Gasteiger partial charge on any atom is 0.264 e. The largest absolute Gasteiger partial charge is 0.395 e. The quantitative estimate of drug-likeness (QED) is 0.145. The molecule has 0 saturated carbocycles. The molecule has 8 rings (SSSR count). The van der Waals surface area contributed by atoms with Crippen molar-refractivity contribution in [1.29, 1.82) is 0 Å². The topological polar surface area (TPSA) is 112 Å². The van der Waals surface area contributed by atoms with E-state index >= 15 is 0 Å². The zero-order valence-electron chi connectivity index (χ0n) is 28.1. The van der Waals surface area contributed by atoms with Gasteiger partial charge in [0, 0.05) is 35.3 Å². The van der Waals surface area contributed by atoms with Crippen molar-refractivity contribution in [2.75, 3.05) is 16.4 Å². The summed E-state index contributed by atoms with van der Waals surface area (Å²) in [6.07, 6.45) is 6.24. The van der Waals surface area contributed by atoms with Gasteiger partial charge < -0.3 is 15.1 Å². The fraction of sp³-hybridized carbons (Fsp3) is 0.190. The summed E-state index contributed by atoms with van der Waals surface area (Å²) in [5.41, 5.74) is 3.80. The number of aliphatic hydroxyl groups is 2. The molecule has 2 amide bonds. The van der Waals surface area contributed by atoms with E-state index in [0.29, 0.717) is 47.7 Å². The fourth-order valence-electron chi connectivity index (χ4n) is 7.45. The van der Waals surface area contributed by atoms with Crippen molar-refractivity contribution in [2.24, 2.45) is 5.92 Å². The van der Waals surface area contributed by atoms with Gasteiger partial charge in [-0.1, -0.05) is 109 Å². The first-order valence-corrected chi connectivity index (χ1v) is 17.2. The van der Waals surface area contributed by atoms with Crippen LogP contribution in [-0.4, -0.2) is 43.6 Å². The van der Waals surface area contributed by atoms with Crippen molar-refractivity contribution < 1.29 is 19.8 Å². The summed E-state index contributed by atoms with van der Waals surface area (Å²) < 4.78 is 1.74. The van der Waals surface area contributed by atoms with Gasteiger partial charge >= 0.3 is 0 Å². The standard InChI is InChI=1S/C42H37N5O4/c1-28(12-8-9-23-45-26-36(43-44-45)34(27-48)30-15-6-3-7-16-30)42(51)35-24-32(21-22-37(35)46(41(42)50)25-29-13-4-2-5-14-29)47-38-20-11-18-31-17-10-19-33(39(31)38)40(47)49/h2-8,10-22,24,26,28,34,48,51H,9,23,25,27H2,1H3/b12-8+/t28-,34?,42+/m1/s1. The van der Waals surface area contributed by atoms with Crippen molar-refractivity contribution in [3.63, 3.8) is 0 Å². The van der Waals surface area contributed by atoms with E-state index in [1.165, 1.54) is 0 Å². The highest BCUT2D eigenvalue weighted by Gasteiger charge is 2.53. The van der Waals surface area contributed by atoms with Crippen molar-refractivity contribution in [3.05, 3.63) is 162 Å². The molecular formula is C42H37N5O4. The maximum atomic E-state index is 14.3.